The second kappa shape index (κ2) is 6.89. The second-order valence-electron chi connectivity index (χ2n) is 5.25. The van der Waals surface area contributed by atoms with Crippen molar-refractivity contribution in [3.05, 3.63) is 62.2 Å². The van der Waals surface area contributed by atoms with Crippen molar-refractivity contribution in [2.45, 2.75) is 13.8 Å². The third-order valence-electron chi connectivity index (χ3n) is 3.24. The fourth-order valence-electron chi connectivity index (χ4n) is 2.27. The number of hydrogen-bond donors (Lipinski definition) is 1. The van der Waals surface area contributed by atoms with Gasteiger partial charge in [-0.3, -0.25) is 4.79 Å². The molecule has 1 aromatic carbocycles. The van der Waals surface area contributed by atoms with Crippen LogP contribution in [0.25, 0.3) is 11.1 Å². The van der Waals surface area contributed by atoms with Crippen molar-refractivity contribution in [2.24, 2.45) is 0 Å². The molecule has 1 N–H and O–H groups in total. The number of carbonyl (C=O) groups is 1. The highest BCUT2D eigenvalue weighted by molar-refractivity contribution is 7.09. The van der Waals surface area contributed by atoms with E-state index >= 15 is 0 Å². The summed E-state index contributed by atoms with van der Waals surface area (Å²) < 4.78 is 0. The Labute approximate surface area is 153 Å². The Morgan fingerprint density at radius 1 is 1.00 bits per heavy atom. The topological polar surface area (TPSA) is 54.9 Å². The smallest absolute Gasteiger partial charge is 0.275 e. The number of halogens is 2. The molecule has 0 spiro atoms. The first-order chi connectivity index (χ1) is 11.4. The maximum absolute atomic E-state index is 12.4. The maximum atomic E-state index is 12.4. The Bertz CT molecular complexity index is 904. The fourth-order valence-corrected chi connectivity index (χ4v) is 3.34. The molecule has 3 rings (SSSR count). The van der Waals surface area contributed by atoms with Crippen molar-refractivity contribution in [1.29, 1.82) is 0 Å². The quantitative estimate of drug-likeness (QED) is 0.666. The average molecular weight is 378 g/mol. The summed E-state index contributed by atoms with van der Waals surface area (Å²) in [6, 6.07) is 8.86. The molecule has 4 nitrogen and oxygen atoms in total. The van der Waals surface area contributed by atoms with Crippen molar-refractivity contribution < 1.29 is 4.79 Å². The lowest BCUT2D eigenvalue weighted by Crippen LogP contribution is -2.14. The molecule has 3 aromatic rings. The lowest BCUT2D eigenvalue weighted by atomic mass is 10.0. The average Bonchev–Trinajstić information content (AvgIpc) is 2.90. The summed E-state index contributed by atoms with van der Waals surface area (Å²) in [6.07, 6.45) is 0. The van der Waals surface area contributed by atoms with E-state index in [1.165, 1.54) is 11.3 Å². The Morgan fingerprint density at radius 3 is 2.29 bits per heavy atom. The van der Waals surface area contributed by atoms with E-state index in [1.807, 2.05) is 19.9 Å². The largest absolute Gasteiger partial charge is 0.305 e. The monoisotopic (exact) mass is 377 g/mol. The number of nitrogens with zero attached hydrogens (tertiary/aromatic N) is 2. The number of anilines is 1. The number of carbonyl (C=O) groups excluding carboxylic acids is 1. The Balaban J connectivity index is 1.95. The molecular weight excluding hydrogens is 365 g/mol. The van der Waals surface area contributed by atoms with Crippen LogP contribution in [0.15, 0.2) is 35.7 Å². The van der Waals surface area contributed by atoms with Crippen LogP contribution in [0.4, 0.5) is 5.82 Å². The third-order valence-corrected chi connectivity index (χ3v) is 4.45. The van der Waals surface area contributed by atoms with Crippen LogP contribution in [-0.2, 0) is 0 Å². The van der Waals surface area contributed by atoms with Gasteiger partial charge in [-0.2, -0.15) is 0 Å². The van der Waals surface area contributed by atoms with Gasteiger partial charge in [0.1, 0.15) is 11.5 Å². The minimum atomic E-state index is -0.307. The molecule has 2 heterocycles. The van der Waals surface area contributed by atoms with Crippen LogP contribution in [0.3, 0.4) is 0 Å². The van der Waals surface area contributed by atoms with Gasteiger partial charge in [0.25, 0.3) is 5.91 Å². The summed E-state index contributed by atoms with van der Waals surface area (Å²) in [5.74, 6) is 0.219. The van der Waals surface area contributed by atoms with Crippen LogP contribution in [0, 0.1) is 13.8 Å². The van der Waals surface area contributed by atoms with Crippen molar-refractivity contribution in [1.82, 2.24) is 9.97 Å². The van der Waals surface area contributed by atoms with E-state index in [0.29, 0.717) is 21.6 Å². The third kappa shape index (κ3) is 3.93. The van der Waals surface area contributed by atoms with Gasteiger partial charge in [-0.25, -0.2) is 9.97 Å². The normalized spacial score (nSPS) is 10.7. The number of aryl methyl sites for hydroxylation is 2. The van der Waals surface area contributed by atoms with Gasteiger partial charge in [-0.1, -0.05) is 23.2 Å². The number of thiazole rings is 1. The van der Waals surface area contributed by atoms with Gasteiger partial charge in [0.05, 0.1) is 5.01 Å². The predicted molar refractivity (Wildman–Crippen MR) is 99.2 cm³/mol. The van der Waals surface area contributed by atoms with Gasteiger partial charge in [0.15, 0.2) is 0 Å². The van der Waals surface area contributed by atoms with E-state index in [9.17, 15) is 4.79 Å². The SMILES string of the molecule is Cc1cc(-c2cc(Cl)cc(Cl)c2)cc(C(=O)Nc2csc(C)n2)n1. The van der Waals surface area contributed by atoms with Crippen LogP contribution in [0.1, 0.15) is 21.2 Å². The molecule has 122 valence electrons. The van der Waals surface area contributed by atoms with Crippen molar-refractivity contribution in [3.63, 3.8) is 0 Å². The van der Waals surface area contributed by atoms with Gasteiger partial charge in [-0.05, 0) is 55.3 Å². The highest BCUT2D eigenvalue weighted by Gasteiger charge is 2.13. The summed E-state index contributed by atoms with van der Waals surface area (Å²) in [4.78, 5) is 21.0. The number of pyridine rings is 1. The molecule has 0 aliphatic carbocycles. The first-order valence-corrected chi connectivity index (χ1v) is 8.73. The molecule has 2 aromatic heterocycles. The van der Waals surface area contributed by atoms with E-state index in [4.69, 9.17) is 23.2 Å². The summed E-state index contributed by atoms with van der Waals surface area (Å²) in [7, 11) is 0. The zero-order valence-electron chi connectivity index (χ0n) is 12.9. The zero-order chi connectivity index (χ0) is 17.3. The molecular formula is C17H13Cl2N3OS. The van der Waals surface area contributed by atoms with Gasteiger partial charge in [0, 0.05) is 21.1 Å². The predicted octanol–water partition coefficient (Wildman–Crippen LogP) is 5.38. The van der Waals surface area contributed by atoms with Crippen LogP contribution < -0.4 is 5.32 Å². The summed E-state index contributed by atoms with van der Waals surface area (Å²) in [5, 5.41) is 6.51. The van der Waals surface area contributed by atoms with Gasteiger partial charge >= 0.3 is 0 Å². The molecule has 0 saturated carbocycles. The van der Waals surface area contributed by atoms with E-state index < -0.39 is 0 Å². The van der Waals surface area contributed by atoms with Gasteiger partial charge in [-0.15, -0.1) is 11.3 Å². The minimum Gasteiger partial charge on any atom is -0.305 e. The number of rotatable bonds is 3. The van der Waals surface area contributed by atoms with Crippen LogP contribution in [-0.4, -0.2) is 15.9 Å². The van der Waals surface area contributed by atoms with E-state index in [2.05, 4.69) is 15.3 Å². The second-order valence-corrected chi connectivity index (χ2v) is 7.18. The molecule has 0 fully saturated rings. The Hall–Kier alpha value is -1.95. The van der Waals surface area contributed by atoms with Gasteiger partial charge in [0.2, 0.25) is 0 Å². The van der Waals surface area contributed by atoms with Crippen LogP contribution in [0.2, 0.25) is 10.0 Å². The zero-order valence-corrected chi connectivity index (χ0v) is 15.3. The fraction of sp³-hybridized carbons (Fsp3) is 0.118. The first kappa shape index (κ1) is 16.9. The van der Waals surface area contributed by atoms with Crippen molar-refractivity contribution >= 4 is 46.3 Å². The molecule has 1 amide bonds. The highest BCUT2D eigenvalue weighted by atomic mass is 35.5. The van der Waals surface area contributed by atoms with Crippen LogP contribution >= 0.6 is 34.5 Å². The van der Waals surface area contributed by atoms with Crippen molar-refractivity contribution in [3.8, 4) is 11.1 Å². The number of hydrogen-bond acceptors (Lipinski definition) is 4. The van der Waals surface area contributed by atoms with Gasteiger partial charge < -0.3 is 5.32 Å². The molecule has 0 unspecified atom stereocenters. The molecule has 0 bridgehead atoms. The Morgan fingerprint density at radius 2 is 1.67 bits per heavy atom. The number of aromatic nitrogens is 2. The molecule has 7 heteroatoms. The summed E-state index contributed by atoms with van der Waals surface area (Å²) in [5.41, 5.74) is 2.69. The van der Waals surface area contributed by atoms with E-state index in [1.54, 1.807) is 29.6 Å². The Kier molecular flexibility index (Phi) is 4.85. The molecule has 0 radical (unpaired) electrons. The first-order valence-electron chi connectivity index (χ1n) is 7.09. The van der Waals surface area contributed by atoms with Crippen LogP contribution in [0.5, 0.6) is 0 Å². The minimum absolute atomic E-state index is 0.307. The highest BCUT2D eigenvalue weighted by Crippen LogP contribution is 2.28. The lowest BCUT2D eigenvalue weighted by molar-refractivity contribution is 0.102. The number of nitrogens with one attached hydrogen (secondary N) is 1. The maximum Gasteiger partial charge on any atom is 0.275 e. The van der Waals surface area contributed by atoms with E-state index in [0.717, 1.165) is 21.8 Å². The number of amides is 1. The molecule has 0 atom stereocenters. The molecule has 0 saturated heterocycles. The molecule has 24 heavy (non-hydrogen) atoms. The summed E-state index contributed by atoms with van der Waals surface area (Å²) in [6.45, 7) is 3.71. The lowest BCUT2D eigenvalue weighted by Gasteiger charge is -2.08. The standard InChI is InChI=1S/C17H13Cl2N3OS/c1-9-3-11(12-4-13(18)7-14(19)5-12)6-15(20-9)17(23)22-16-8-24-10(2)21-16/h3-8H,1-2H3,(H,22,23). The molecule has 0 aliphatic rings. The van der Waals surface area contributed by atoms with Crippen molar-refractivity contribution in [2.75, 3.05) is 5.32 Å². The number of benzene rings is 1. The van der Waals surface area contributed by atoms with E-state index in [-0.39, 0.29) is 5.91 Å². The molecule has 0 aliphatic heterocycles. The summed E-state index contributed by atoms with van der Waals surface area (Å²) >= 11 is 13.6.